The van der Waals surface area contributed by atoms with Crippen LogP contribution >= 0.6 is 0 Å². The monoisotopic (exact) mass is 482 g/mol. The molecule has 184 valence electrons. The molecule has 4 rings (SSSR count). The first-order chi connectivity index (χ1) is 17.6. The van der Waals surface area contributed by atoms with Gasteiger partial charge in [-0.2, -0.15) is 0 Å². The third kappa shape index (κ3) is 7.15. The predicted molar refractivity (Wildman–Crippen MR) is 140 cm³/mol. The Morgan fingerprint density at radius 2 is 1.50 bits per heavy atom. The molecule has 1 fully saturated rings. The van der Waals surface area contributed by atoms with Gasteiger partial charge in [-0.05, 0) is 48.1 Å². The summed E-state index contributed by atoms with van der Waals surface area (Å²) in [6.45, 7) is 0.630. The van der Waals surface area contributed by atoms with E-state index in [0.717, 1.165) is 16.7 Å². The van der Waals surface area contributed by atoms with Crippen molar-refractivity contribution in [3.8, 4) is 0 Å². The largest absolute Gasteiger partial charge is 0.455 e. The highest BCUT2D eigenvalue weighted by atomic mass is 16.5. The molecule has 1 aliphatic rings. The topological polar surface area (TPSA) is 75.7 Å². The second-order valence-electron chi connectivity index (χ2n) is 8.82. The molecule has 0 saturated carbocycles. The lowest BCUT2D eigenvalue weighted by atomic mass is 9.97. The normalized spacial score (nSPS) is 13.9. The summed E-state index contributed by atoms with van der Waals surface area (Å²) < 4.78 is 5.31. The fraction of sp³-hybridized carbons (Fsp3) is 0.233. The quantitative estimate of drug-likeness (QED) is 0.373. The minimum Gasteiger partial charge on any atom is -0.455 e. The number of nitrogens with one attached hydrogen (secondary N) is 1. The summed E-state index contributed by atoms with van der Waals surface area (Å²) in [5.41, 5.74) is 3.80. The number of carbonyl (C=O) groups excluding carboxylic acids is 3. The summed E-state index contributed by atoms with van der Waals surface area (Å²) in [4.78, 5) is 39.2. The van der Waals surface area contributed by atoms with Gasteiger partial charge in [-0.15, -0.1) is 0 Å². The molecular formula is C30H30N2O4. The van der Waals surface area contributed by atoms with E-state index >= 15 is 0 Å². The fourth-order valence-corrected chi connectivity index (χ4v) is 4.23. The molecular weight excluding hydrogens is 452 g/mol. The molecule has 1 aliphatic heterocycles. The van der Waals surface area contributed by atoms with Crippen molar-refractivity contribution in [2.45, 2.75) is 19.3 Å². The Kier molecular flexibility index (Phi) is 8.65. The Hall–Kier alpha value is -4.19. The average Bonchev–Trinajstić information content (AvgIpc) is 2.93. The molecule has 0 aromatic heterocycles. The van der Waals surface area contributed by atoms with Gasteiger partial charge in [-0.1, -0.05) is 78.9 Å². The molecule has 2 amide bonds. The summed E-state index contributed by atoms with van der Waals surface area (Å²) in [7, 11) is 0. The molecule has 1 heterocycles. The van der Waals surface area contributed by atoms with Gasteiger partial charge in [0.05, 0.1) is 5.92 Å². The molecule has 3 aromatic carbocycles. The molecule has 1 saturated heterocycles. The van der Waals surface area contributed by atoms with Crippen LogP contribution in [-0.2, 0) is 25.5 Å². The fourth-order valence-electron chi connectivity index (χ4n) is 4.23. The molecule has 0 unspecified atom stereocenters. The standard InChI is InChI=1S/C30H30N2O4/c33-28(31-27-14-8-7-13-26(27)21-24-11-5-2-6-12-24)22-36-30(35)25-17-19-32(20-18-25)29(34)16-15-23-9-3-1-4-10-23/h1-16,25H,17-22H2,(H,31,33)/b16-15+. The van der Waals surface area contributed by atoms with E-state index in [1.165, 1.54) is 0 Å². The molecule has 36 heavy (non-hydrogen) atoms. The Morgan fingerprint density at radius 3 is 2.22 bits per heavy atom. The molecule has 3 aromatic rings. The maximum Gasteiger partial charge on any atom is 0.309 e. The maximum absolute atomic E-state index is 12.5. The SMILES string of the molecule is O=C(COC(=O)C1CCN(C(=O)/C=C/c2ccccc2)CC1)Nc1ccccc1Cc1ccccc1. The number of hydrogen-bond acceptors (Lipinski definition) is 4. The smallest absolute Gasteiger partial charge is 0.309 e. The van der Waals surface area contributed by atoms with Crippen molar-refractivity contribution >= 4 is 29.5 Å². The Labute approximate surface area is 211 Å². The highest BCUT2D eigenvalue weighted by Crippen LogP contribution is 2.21. The van der Waals surface area contributed by atoms with E-state index in [4.69, 9.17) is 4.74 Å². The van der Waals surface area contributed by atoms with Gasteiger partial charge in [0.15, 0.2) is 6.61 Å². The van der Waals surface area contributed by atoms with Gasteiger partial charge in [-0.3, -0.25) is 14.4 Å². The lowest BCUT2D eigenvalue weighted by Crippen LogP contribution is -2.40. The third-order valence-electron chi connectivity index (χ3n) is 6.23. The molecule has 0 bridgehead atoms. The van der Waals surface area contributed by atoms with Crippen LogP contribution in [0.1, 0.15) is 29.5 Å². The number of nitrogens with zero attached hydrogens (tertiary/aromatic N) is 1. The van der Waals surface area contributed by atoms with Crippen LogP contribution in [0.2, 0.25) is 0 Å². The molecule has 0 aliphatic carbocycles. The second-order valence-corrected chi connectivity index (χ2v) is 8.82. The van der Waals surface area contributed by atoms with E-state index in [-0.39, 0.29) is 24.3 Å². The van der Waals surface area contributed by atoms with Gasteiger partial charge in [0, 0.05) is 24.9 Å². The average molecular weight is 483 g/mol. The number of hydrogen-bond donors (Lipinski definition) is 1. The number of para-hydroxylation sites is 1. The van der Waals surface area contributed by atoms with Crippen LogP contribution in [0.15, 0.2) is 91.0 Å². The van der Waals surface area contributed by atoms with E-state index in [0.29, 0.717) is 38.0 Å². The van der Waals surface area contributed by atoms with Crippen LogP contribution in [0.3, 0.4) is 0 Å². The van der Waals surface area contributed by atoms with Crippen molar-refractivity contribution in [3.05, 3.63) is 108 Å². The highest BCUT2D eigenvalue weighted by molar-refractivity contribution is 5.94. The number of amides is 2. The van der Waals surface area contributed by atoms with Gasteiger partial charge in [0.25, 0.3) is 5.91 Å². The molecule has 0 atom stereocenters. The molecule has 0 radical (unpaired) electrons. The number of rotatable bonds is 8. The Morgan fingerprint density at radius 1 is 0.861 bits per heavy atom. The summed E-state index contributed by atoms with van der Waals surface area (Å²) in [6, 6.07) is 27.3. The van der Waals surface area contributed by atoms with Crippen molar-refractivity contribution in [2.75, 3.05) is 25.0 Å². The van der Waals surface area contributed by atoms with Crippen molar-refractivity contribution in [3.63, 3.8) is 0 Å². The molecule has 0 spiro atoms. The second kappa shape index (κ2) is 12.5. The first-order valence-electron chi connectivity index (χ1n) is 12.2. The third-order valence-corrected chi connectivity index (χ3v) is 6.23. The minimum absolute atomic E-state index is 0.0702. The molecule has 1 N–H and O–H groups in total. The lowest BCUT2D eigenvalue weighted by molar-refractivity contribution is -0.153. The van der Waals surface area contributed by atoms with Gasteiger partial charge in [-0.25, -0.2) is 0 Å². The first-order valence-corrected chi connectivity index (χ1v) is 12.2. The van der Waals surface area contributed by atoms with Crippen molar-refractivity contribution in [1.29, 1.82) is 0 Å². The Balaban J connectivity index is 1.21. The number of carbonyl (C=O) groups is 3. The summed E-state index contributed by atoms with van der Waals surface area (Å²) in [6.07, 6.45) is 5.08. The zero-order valence-electron chi connectivity index (χ0n) is 20.1. The van der Waals surface area contributed by atoms with Gasteiger partial charge in [0.2, 0.25) is 5.91 Å². The lowest BCUT2D eigenvalue weighted by Gasteiger charge is -2.30. The number of piperidine rings is 1. The number of esters is 1. The maximum atomic E-state index is 12.5. The van der Waals surface area contributed by atoms with E-state index in [1.807, 2.05) is 84.9 Å². The highest BCUT2D eigenvalue weighted by Gasteiger charge is 2.28. The van der Waals surface area contributed by atoms with Crippen LogP contribution in [0.4, 0.5) is 5.69 Å². The summed E-state index contributed by atoms with van der Waals surface area (Å²) in [5.74, 6) is -1.15. The van der Waals surface area contributed by atoms with Crippen LogP contribution in [0.5, 0.6) is 0 Å². The molecule has 6 nitrogen and oxygen atoms in total. The van der Waals surface area contributed by atoms with Gasteiger partial charge < -0.3 is 15.0 Å². The minimum atomic E-state index is -0.394. The van der Waals surface area contributed by atoms with Crippen molar-refractivity contribution in [1.82, 2.24) is 4.90 Å². The van der Waals surface area contributed by atoms with E-state index in [2.05, 4.69) is 5.32 Å². The van der Waals surface area contributed by atoms with Gasteiger partial charge >= 0.3 is 5.97 Å². The Bertz CT molecular complexity index is 1200. The van der Waals surface area contributed by atoms with Crippen molar-refractivity contribution < 1.29 is 19.1 Å². The number of anilines is 1. The van der Waals surface area contributed by atoms with E-state index in [1.54, 1.807) is 17.1 Å². The van der Waals surface area contributed by atoms with E-state index < -0.39 is 5.97 Å². The predicted octanol–water partition coefficient (Wildman–Crippen LogP) is 4.71. The van der Waals surface area contributed by atoms with Crippen LogP contribution in [0.25, 0.3) is 6.08 Å². The zero-order chi connectivity index (χ0) is 25.2. The van der Waals surface area contributed by atoms with Crippen LogP contribution in [0, 0.1) is 5.92 Å². The summed E-state index contributed by atoms with van der Waals surface area (Å²) in [5, 5.41) is 2.86. The number of likely N-dealkylation sites (tertiary alicyclic amines) is 1. The number of benzene rings is 3. The van der Waals surface area contributed by atoms with Gasteiger partial charge in [0.1, 0.15) is 0 Å². The van der Waals surface area contributed by atoms with Crippen LogP contribution in [-0.4, -0.2) is 42.4 Å². The molecule has 6 heteroatoms. The number of ether oxygens (including phenoxy) is 1. The van der Waals surface area contributed by atoms with E-state index in [9.17, 15) is 14.4 Å². The first kappa shape index (κ1) is 24.9. The zero-order valence-corrected chi connectivity index (χ0v) is 20.1. The van der Waals surface area contributed by atoms with Crippen LogP contribution < -0.4 is 5.32 Å². The van der Waals surface area contributed by atoms with Crippen molar-refractivity contribution in [2.24, 2.45) is 5.92 Å². The summed E-state index contributed by atoms with van der Waals surface area (Å²) >= 11 is 0.